The Bertz CT molecular complexity index is 974. The average Bonchev–Trinajstić information content (AvgIpc) is 3.12. The van der Waals surface area contributed by atoms with Gasteiger partial charge in [0.1, 0.15) is 17.1 Å². The lowest BCUT2D eigenvalue weighted by Crippen LogP contribution is -2.22. The molecule has 0 amide bonds. The van der Waals surface area contributed by atoms with Crippen molar-refractivity contribution in [3.8, 4) is 10.8 Å². The van der Waals surface area contributed by atoms with Crippen LogP contribution in [0.25, 0.3) is 0 Å². The third kappa shape index (κ3) is 7.27. The van der Waals surface area contributed by atoms with Crippen molar-refractivity contribution >= 4 is 17.1 Å². The first-order valence-corrected chi connectivity index (χ1v) is 10.6. The number of rotatable bonds is 10. The number of carbonyl (C=O) groups excluding carboxylic acids is 1. The van der Waals surface area contributed by atoms with Gasteiger partial charge in [-0.3, -0.25) is 4.79 Å². The predicted molar refractivity (Wildman–Crippen MR) is 112 cm³/mol. The molecular formula is C22H25F3O5S. The summed E-state index contributed by atoms with van der Waals surface area (Å²) in [5.41, 5.74) is -1.31. The molecule has 2 aromatic heterocycles. The fourth-order valence-electron chi connectivity index (χ4n) is 2.96. The Balaban J connectivity index is 2.08. The summed E-state index contributed by atoms with van der Waals surface area (Å²) < 4.78 is 46.7. The number of hydrogen-bond acceptors (Lipinski definition) is 6. The quantitative estimate of drug-likeness (QED) is 0.356. The smallest absolute Gasteiger partial charge is 0.422 e. The molecule has 2 rings (SSSR count). The van der Waals surface area contributed by atoms with Gasteiger partial charge < -0.3 is 14.3 Å². The van der Waals surface area contributed by atoms with E-state index in [0.29, 0.717) is 17.1 Å². The summed E-state index contributed by atoms with van der Waals surface area (Å²) in [7, 11) is 0. The van der Waals surface area contributed by atoms with Crippen LogP contribution in [0.15, 0.2) is 39.6 Å². The van der Waals surface area contributed by atoms with E-state index in [1.807, 2.05) is 26.0 Å². The zero-order valence-corrected chi connectivity index (χ0v) is 18.3. The molecule has 0 radical (unpaired) electrons. The van der Waals surface area contributed by atoms with E-state index in [2.05, 4.69) is 4.74 Å². The van der Waals surface area contributed by atoms with Crippen LogP contribution in [0.5, 0.6) is 10.8 Å². The van der Waals surface area contributed by atoms with Crippen LogP contribution in [0, 0.1) is 5.92 Å². The van der Waals surface area contributed by atoms with Crippen LogP contribution >= 0.6 is 11.3 Å². The Kier molecular flexibility index (Phi) is 8.50. The van der Waals surface area contributed by atoms with Gasteiger partial charge in [0.05, 0.1) is 0 Å². The lowest BCUT2D eigenvalue weighted by atomic mass is 9.95. The minimum atomic E-state index is -4.44. The summed E-state index contributed by atoms with van der Waals surface area (Å²) in [6, 6.07) is 4.27. The van der Waals surface area contributed by atoms with Crippen LogP contribution < -0.4 is 10.4 Å². The summed E-state index contributed by atoms with van der Waals surface area (Å²) in [6.07, 6.45) is 1.15. The Morgan fingerprint density at radius 3 is 2.65 bits per heavy atom. The molecule has 0 spiro atoms. The van der Waals surface area contributed by atoms with Gasteiger partial charge in [-0.2, -0.15) is 13.2 Å². The van der Waals surface area contributed by atoms with E-state index in [1.54, 1.807) is 13.0 Å². The largest absolute Gasteiger partial charge is 0.507 e. The molecule has 170 valence electrons. The normalized spacial score (nSPS) is 14.0. The van der Waals surface area contributed by atoms with Crippen molar-refractivity contribution < 1.29 is 32.2 Å². The highest BCUT2D eigenvalue weighted by molar-refractivity contribution is 7.13. The first-order valence-electron chi connectivity index (χ1n) is 9.82. The standard InChI is InChI=1S/C22H25F3O5S/c1-4-5-6-7-13(2)17-11-16(26)19(21(28)30-17)20(27)14(3)10-15-8-9-18(31-15)29-12-22(23,24)25/h4-5,8-9,11,13-14,26H,6-7,10,12H2,1-3H3/b5-4+. The fraction of sp³-hybridized carbons (Fsp3) is 0.455. The first-order chi connectivity index (χ1) is 14.5. The fourth-order valence-corrected chi connectivity index (χ4v) is 3.94. The van der Waals surface area contributed by atoms with Crippen LogP contribution in [-0.2, 0) is 6.42 Å². The summed E-state index contributed by atoms with van der Waals surface area (Å²) in [6.45, 7) is 3.95. The van der Waals surface area contributed by atoms with Crippen molar-refractivity contribution in [1.29, 1.82) is 0 Å². The number of allylic oxidation sites excluding steroid dienone is 2. The van der Waals surface area contributed by atoms with Crippen molar-refractivity contribution in [1.82, 2.24) is 0 Å². The molecular weight excluding hydrogens is 433 g/mol. The van der Waals surface area contributed by atoms with Crippen molar-refractivity contribution in [3.63, 3.8) is 0 Å². The molecule has 5 nitrogen and oxygen atoms in total. The van der Waals surface area contributed by atoms with Gasteiger partial charge in [0.15, 0.2) is 17.5 Å². The van der Waals surface area contributed by atoms with Crippen LogP contribution in [0.2, 0.25) is 0 Å². The van der Waals surface area contributed by atoms with E-state index in [9.17, 15) is 27.9 Å². The number of halogens is 3. The van der Waals surface area contributed by atoms with Crippen LogP contribution in [-0.4, -0.2) is 23.7 Å². The molecule has 9 heteroatoms. The number of alkyl halides is 3. The molecule has 0 aromatic carbocycles. The van der Waals surface area contributed by atoms with E-state index in [1.165, 1.54) is 12.1 Å². The maximum atomic E-state index is 12.7. The second-order valence-corrected chi connectivity index (χ2v) is 8.47. The summed E-state index contributed by atoms with van der Waals surface area (Å²) >= 11 is 0.995. The van der Waals surface area contributed by atoms with Gasteiger partial charge in [0, 0.05) is 22.8 Å². The highest BCUT2D eigenvalue weighted by Gasteiger charge is 2.29. The zero-order valence-electron chi connectivity index (χ0n) is 17.5. The van der Waals surface area contributed by atoms with Crippen molar-refractivity contribution in [2.75, 3.05) is 6.61 Å². The van der Waals surface area contributed by atoms with Gasteiger partial charge in [-0.05, 0) is 38.3 Å². The number of thiophene rings is 1. The van der Waals surface area contributed by atoms with Gasteiger partial charge in [-0.25, -0.2) is 4.79 Å². The molecule has 2 unspecified atom stereocenters. The van der Waals surface area contributed by atoms with Gasteiger partial charge in [-0.1, -0.05) is 26.0 Å². The second-order valence-electron chi connectivity index (χ2n) is 7.34. The maximum Gasteiger partial charge on any atom is 0.422 e. The Hall–Kier alpha value is -2.55. The van der Waals surface area contributed by atoms with Crippen molar-refractivity contribution in [3.05, 3.63) is 57.0 Å². The lowest BCUT2D eigenvalue weighted by molar-refractivity contribution is -0.152. The van der Waals surface area contributed by atoms with Crippen molar-refractivity contribution in [2.45, 2.75) is 52.1 Å². The predicted octanol–water partition coefficient (Wildman–Crippen LogP) is 5.87. The Morgan fingerprint density at radius 2 is 2.03 bits per heavy atom. The van der Waals surface area contributed by atoms with E-state index >= 15 is 0 Å². The molecule has 31 heavy (non-hydrogen) atoms. The average molecular weight is 458 g/mol. The second kappa shape index (κ2) is 10.7. The maximum absolute atomic E-state index is 12.7. The number of ether oxygens (including phenoxy) is 1. The monoisotopic (exact) mass is 458 g/mol. The molecule has 0 fully saturated rings. The van der Waals surface area contributed by atoms with E-state index in [0.717, 1.165) is 17.8 Å². The molecule has 2 heterocycles. The third-order valence-corrected chi connectivity index (χ3v) is 5.67. The minimum absolute atomic E-state index is 0.0885. The number of aromatic hydroxyl groups is 1. The molecule has 0 saturated heterocycles. The highest BCUT2D eigenvalue weighted by atomic mass is 32.1. The van der Waals surface area contributed by atoms with Crippen LogP contribution in [0.3, 0.4) is 0 Å². The summed E-state index contributed by atoms with van der Waals surface area (Å²) in [4.78, 5) is 25.8. The number of carbonyl (C=O) groups is 1. The van der Waals surface area contributed by atoms with E-state index in [-0.39, 0.29) is 17.4 Å². The molecule has 0 saturated carbocycles. The number of hydrogen-bond donors (Lipinski definition) is 1. The molecule has 0 aliphatic carbocycles. The molecule has 1 N–H and O–H groups in total. The zero-order chi connectivity index (χ0) is 23.2. The molecule has 2 atom stereocenters. The highest BCUT2D eigenvalue weighted by Crippen LogP contribution is 2.30. The molecule has 0 bridgehead atoms. The first kappa shape index (κ1) is 24.7. The van der Waals surface area contributed by atoms with Gasteiger partial charge in [0.2, 0.25) is 0 Å². The minimum Gasteiger partial charge on any atom is -0.507 e. The summed E-state index contributed by atoms with van der Waals surface area (Å²) in [5, 5.41) is 10.4. The van der Waals surface area contributed by atoms with Crippen LogP contribution in [0.4, 0.5) is 13.2 Å². The Labute approximate surface area is 182 Å². The lowest BCUT2D eigenvalue weighted by Gasteiger charge is -2.13. The molecule has 0 aliphatic heterocycles. The van der Waals surface area contributed by atoms with Crippen molar-refractivity contribution in [2.24, 2.45) is 5.92 Å². The van der Waals surface area contributed by atoms with E-state index < -0.39 is 41.4 Å². The Morgan fingerprint density at radius 1 is 1.32 bits per heavy atom. The van der Waals surface area contributed by atoms with Gasteiger partial charge >= 0.3 is 11.8 Å². The van der Waals surface area contributed by atoms with Crippen LogP contribution in [0.1, 0.15) is 60.5 Å². The van der Waals surface area contributed by atoms with Gasteiger partial charge in [-0.15, -0.1) is 11.3 Å². The third-order valence-electron chi connectivity index (χ3n) is 4.65. The SMILES string of the molecule is C/C=C/CCC(C)c1cc(O)c(C(=O)C(C)Cc2ccc(OCC(F)(F)F)s2)c(=O)o1. The molecule has 0 aliphatic rings. The van der Waals surface area contributed by atoms with E-state index in [4.69, 9.17) is 4.42 Å². The summed E-state index contributed by atoms with van der Waals surface area (Å²) in [5.74, 6) is -1.52. The van der Waals surface area contributed by atoms with Gasteiger partial charge in [0.25, 0.3) is 0 Å². The number of ketones is 1. The molecule has 2 aromatic rings. The number of Topliss-reactive ketones (excluding diaryl/α,β-unsaturated/α-hetero) is 1. The topological polar surface area (TPSA) is 76.7 Å².